The van der Waals surface area contributed by atoms with Crippen molar-refractivity contribution in [2.75, 3.05) is 19.5 Å². The minimum absolute atomic E-state index is 0.0194. The molecule has 1 aliphatic rings. The summed E-state index contributed by atoms with van der Waals surface area (Å²) in [5, 5.41) is 3.48. The molecule has 1 heterocycles. The zero-order chi connectivity index (χ0) is 23.5. The Bertz CT molecular complexity index is 1260. The van der Waals surface area contributed by atoms with Crippen molar-refractivity contribution in [3.8, 4) is 11.5 Å². The molecule has 0 aliphatic carbocycles. The van der Waals surface area contributed by atoms with Gasteiger partial charge >= 0.3 is 0 Å². The van der Waals surface area contributed by atoms with Gasteiger partial charge in [0.1, 0.15) is 23.0 Å². The molecule has 168 valence electrons. The molecule has 0 saturated heterocycles. The second-order valence-corrected chi connectivity index (χ2v) is 7.68. The number of methoxy groups -OCH3 is 2. The number of hydrogen-bond donors (Lipinski definition) is 1. The highest BCUT2D eigenvalue weighted by Crippen LogP contribution is 2.38. The third kappa shape index (κ3) is 4.40. The fraction of sp³-hybridized carbons (Fsp3) is 0.120. The number of carbonyl (C=O) groups excluding carboxylic acids is 2. The number of nitrogens with one attached hydrogen (secondary N) is 1. The van der Waals surface area contributed by atoms with Gasteiger partial charge in [-0.2, -0.15) is 0 Å². The molecule has 8 heteroatoms. The molecule has 0 atom stereocenters. The highest BCUT2D eigenvalue weighted by atomic mass is 35.5. The fourth-order valence-corrected chi connectivity index (χ4v) is 3.79. The summed E-state index contributed by atoms with van der Waals surface area (Å²) in [6, 6.07) is 17.5. The summed E-state index contributed by atoms with van der Waals surface area (Å²) in [4.78, 5) is 28.1. The summed E-state index contributed by atoms with van der Waals surface area (Å²) < 4.78 is 24.1. The van der Waals surface area contributed by atoms with Gasteiger partial charge in [-0.05, 0) is 42.0 Å². The second-order valence-electron chi connectivity index (χ2n) is 7.24. The lowest BCUT2D eigenvalue weighted by atomic mass is 10.0. The van der Waals surface area contributed by atoms with Gasteiger partial charge in [0.05, 0.1) is 32.0 Å². The van der Waals surface area contributed by atoms with Crippen LogP contribution in [0, 0.1) is 5.82 Å². The van der Waals surface area contributed by atoms with Crippen molar-refractivity contribution in [3.05, 3.63) is 94.4 Å². The number of carbonyl (C=O) groups is 2. The van der Waals surface area contributed by atoms with Crippen LogP contribution < -0.4 is 14.8 Å². The molecule has 0 aromatic heterocycles. The van der Waals surface area contributed by atoms with Gasteiger partial charge in [0.15, 0.2) is 0 Å². The van der Waals surface area contributed by atoms with Crippen LogP contribution in [0.3, 0.4) is 0 Å². The number of nitrogens with zero attached hydrogens (tertiary/aromatic N) is 1. The van der Waals surface area contributed by atoms with E-state index in [4.69, 9.17) is 21.1 Å². The molecule has 4 rings (SSSR count). The van der Waals surface area contributed by atoms with Gasteiger partial charge in [-0.3, -0.25) is 14.5 Å². The van der Waals surface area contributed by atoms with Gasteiger partial charge in [-0.25, -0.2) is 4.39 Å². The van der Waals surface area contributed by atoms with Crippen LogP contribution in [0.1, 0.15) is 11.1 Å². The van der Waals surface area contributed by atoms with Crippen LogP contribution >= 0.6 is 11.6 Å². The maximum Gasteiger partial charge on any atom is 0.278 e. The largest absolute Gasteiger partial charge is 0.496 e. The normalized spacial score (nSPS) is 13.5. The van der Waals surface area contributed by atoms with E-state index in [0.717, 1.165) is 4.90 Å². The topological polar surface area (TPSA) is 67.9 Å². The molecule has 0 bridgehead atoms. The van der Waals surface area contributed by atoms with Crippen LogP contribution in [0.4, 0.5) is 10.1 Å². The van der Waals surface area contributed by atoms with Gasteiger partial charge < -0.3 is 14.8 Å². The standard InChI is InChI=1S/C25H20ClFN2O4/c1-32-20-6-4-3-5-18(20)22-23(28-19-13-16(26)9-12-21(19)33-2)25(31)29(24(22)30)14-15-7-10-17(27)11-8-15/h3-13,28H,14H2,1-2H3. The molecule has 0 radical (unpaired) electrons. The van der Waals surface area contributed by atoms with Crippen molar-refractivity contribution in [2.24, 2.45) is 0 Å². The number of rotatable bonds is 7. The summed E-state index contributed by atoms with van der Waals surface area (Å²) in [6.45, 7) is -0.0194. The molecule has 2 amide bonds. The van der Waals surface area contributed by atoms with Crippen LogP contribution in [-0.4, -0.2) is 30.9 Å². The first kappa shape index (κ1) is 22.4. The molecular weight excluding hydrogens is 447 g/mol. The zero-order valence-corrected chi connectivity index (χ0v) is 18.7. The zero-order valence-electron chi connectivity index (χ0n) is 17.9. The molecule has 0 fully saturated rings. The van der Waals surface area contributed by atoms with Gasteiger partial charge in [-0.1, -0.05) is 41.9 Å². The molecule has 3 aromatic rings. The third-order valence-corrected chi connectivity index (χ3v) is 5.45. The Hall–Kier alpha value is -3.84. The van der Waals surface area contributed by atoms with E-state index in [2.05, 4.69) is 5.32 Å². The van der Waals surface area contributed by atoms with Crippen molar-refractivity contribution in [2.45, 2.75) is 6.54 Å². The molecule has 3 aromatic carbocycles. The van der Waals surface area contributed by atoms with E-state index in [1.54, 1.807) is 42.5 Å². The lowest BCUT2D eigenvalue weighted by Crippen LogP contribution is -2.32. The summed E-state index contributed by atoms with van der Waals surface area (Å²) >= 11 is 6.15. The molecule has 33 heavy (non-hydrogen) atoms. The minimum Gasteiger partial charge on any atom is -0.496 e. The third-order valence-electron chi connectivity index (χ3n) is 5.22. The second kappa shape index (κ2) is 9.34. The van der Waals surface area contributed by atoms with E-state index in [1.165, 1.54) is 38.5 Å². The quantitative estimate of drug-likeness (QED) is 0.502. The average Bonchev–Trinajstić information content (AvgIpc) is 3.04. The highest BCUT2D eigenvalue weighted by molar-refractivity contribution is 6.37. The van der Waals surface area contributed by atoms with E-state index in [0.29, 0.717) is 33.3 Å². The van der Waals surface area contributed by atoms with E-state index in [1.807, 2.05) is 0 Å². The Morgan fingerprint density at radius 3 is 2.30 bits per heavy atom. The van der Waals surface area contributed by atoms with Crippen molar-refractivity contribution < 1.29 is 23.5 Å². The molecule has 1 aliphatic heterocycles. The van der Waals surface area contributed by atoms with Crippen molar-refractivity contribution >= 4 is 34.7 Å². The maximum absolute atomic E-state index is 13.5. The van der Waals surface area contributed by atoms with Gasteiger partial charge in [0.25, 0.3) is 11.8 Å². The Labute approximate surface area is 195 Å². The Balaban J connectivity index is 1.81. The summed E-state index contributed by atoms with van der Waals surface area (Å²) in [5.41, 5.74) is 1.72. The Kier molecular flexibility index (Phi) is 6.33. The molecule has 0 spiro atoms. The lowest BCUT2D eigenvalue weighted by molar-refractivity contribution is -0.137. The van der Waals surface area contributed by atoms with Gasteiger partial charge in [0.2, 0.25) is 0 Å². The minimum atomic E-state index is -0.535. The summed E-state index contributed by atoms with van der Waals surface area (Å²) in [6.07, 6.45) is 0. The van der Waals surface area contributed by atoms with Crippen LogP contribution in [0.2, 0.25) is 5.02 Å². The Morgan fingerprint density at radius 2 is 1.61 bits per heavy atom. The SMILES string of the molecule is COc1ccc(Cl)cc1NC1=C(c2ccccc2OC)C(=O)N(Cc2ccc(F)cc2)C1=O. The van der Waals surface area contributed by atoms with Crippen LogP contribution in [0.25, 0.3) is 5.57 Å². The van der Waals surface area contributed by atoms with E-state index >= 15 is 0 Å². The number of benzene rings is 3. The molecule has 1 N–H and O–H groups in total. The number of ether oxygens (including phenoxy) is 2. The molecular formula is C25H20ClFN2O4. The van der Waals surface area contributed by atoms with E-state index in [-0.39, 0.29) is 17.8 Å². The van der Waals surface area contributed by atoms with Gasteiger partial charge in [0, 0.05) is 10.6 Å². The van der Waals surface area contributed by atoms with Crippen LogP contribution in [-0.2, 0) is 16.1 Å². The van der Waals surface area contributed by atoms with Crippen LogP contribution in [0.15, 0.2) is 72.4 Å². The van der Waals surface area contributed by atoms with Crippen molar-refractivity contribution in [1.29, 1.82) is 0 Å². The maximum atomic E-state index is 13.5. The fourth-order valence-electron chi connectivity index (χ4n) is 3.62. The Morgan fingerprint density at radius 1 is 0.909 bits per heavy atom. The number of anilines is 1. The number of halogens is 2. The number of amides is 2. The monoisotopic (exact) mass is 466 g/mol. The summed E-state index contributed by atoms with van der Waals surface area (Å²) in [5.74, 6) is -0.552. The molecule has 0 unspecified atom stereocenters. The first-order valence-corrected chi connectivity index (χ1v) is 10.4. The van der Waals surface area contributed by atoms with Crippen LogP contribution in [0.5, 0.6) is 11.5 Å². The molecule has 0 saturated carbocycles. The number of imide groups is 1. The predicted molar refractivity (Wildman–Crippen MR) is 123 cm³/mol. The summed E-state index contributed by atoms with van der Waals surface area (Å²) in [7, 11) is 2.98. The highest BCUT2D eigenvalue weighted by Gasteiger charge is 2.40. The van der Waals surface area contributed by atoms with Crippen molar-refractivity contribution in [1.82, 2.24) is 4.90 Å². The van der Waals surface area contributed by atoms with Gasteiger partial charge in [-0.15, -0.1) is 0 Å². The first-order chi connectivity index (χ1) is 15.9. The van der Waals surface area contributed by atoms with E-state index < -0.39 is 17.6 Å². The van der Waals surface area contributed by atoms with Crippen molar-refractivity contribution in [3.63, 3.8) is 0 Å². The average molecular weight is 467 g/mol. The first-order valence-electron chi connectivity index (χ1n) is 10.0. The number of para-hydroxylation sites is 1. The predicted octanol–water partition coefficient (Wildman–Crippen LogP) is 4.89. The lowest BCUT2D eigenvalue weighted by Gasteiger charge is -2.16. The van der Waals surface area contributed by atoms with E-state index in [9.17, 15) is 14.0 Å². The smallest absolute Gasteiger partial charge is 0.278 e. The molecule has 6 nitrogen and oxygen atoms in total. The number of hydrogen-bond acceptors (Lipinski definition) is 5.